The van der Waals surface area contributed by atoms with Crippen LogP contribution in [-0.4, -0.2) is 22.9 Å². The monoisotopic (exact) mass is 299 g/mol. The van der Waals surface area contributed by atoms with E-state index in [1.165, 1.54) is 12.1 Å². The molecule has 3 nitrogen and oxygen atoms in total. The highest BCUT2D eigenvalue weighted by Gasteiger charge is 2.19. The molecule has 1 N–H and O–H groups in total. The van der Waals surface area contributed by atoms with Crippen LogP contribution in [0.4, 0.5) is 0 Å². The number of aromatic nitrogens is 2. The van der Waals surface area contributed by atoms with Crippen LogP contribution in [0.25, 0.3) is 0 Å². The Morgan fingerprint density at radius 3 is 2.45 bits per heavy atom. The zero-order valence-corrected chi connectivity index (χ0v) is 14.4. The summed E-state index contributed by atoms with van der Waals surface area (Å²) in [4.78, 5) is 0. The van der Waals surface area contributed by atoms with Crippen molar-refractivity contribution in [3.8, 4) is 0 Å². The third-order valence-corrected chi connectivity index (χ3v) is 4.51. The van der Waals surface area contributed by atoms with Crippen LogP contribution in [0, 0.1) is 11.8 Å². The van der Waals surface area contributed by atoms with Crippen molar-refractivity contribution in [2.45, 2.75) is 60.4 Å². The van der Waals surface area contributed by atoms with Crippen molar-refractivity contribution in [1.82, 2.24) is 15.1 Å². The van der Waals surface area contributed by atoms with Crippen LogP contribution in [0.2, 0.25) is 5.02 Å². The number of rotatable bonds is 9. The molecule has 1 aromatic heterocycles. The van der Waals surface area contributed by atoms with Gasteiger partial charge in [-0.05, 0) is 51.1 Å². The molecule has 20 heavy (non-hydrogen) atoms. The third kappa shape index (κ3) is 4.49. The van der Waals surface area contributed by atoms with Crippen LogP contribution in [-0.2, 0) is 19.4 Å². The Labute approximate surface area is 129 Å². The number of halogens is 1. The summed E-state index contributed by atoms with van der Waals surface area (Å²) in [6.45, 7) is 14.1. The van der Waals surface area contributed by atoms with E-state index in [-0.39, 0.29) is 0 Å². The van der Waals surface area contributed by atoms with Gasteiger partial charge in [0.2, 0.25) is 0 Å². The highest BCUT2D eigenvalue weighted by Crippen LogP contribution is 2.26. The summed E-state index contributed by atoms with van der Waals surface area (Å²) in [6.07, 6.45) is 3.10. The molecule has 0 aliphatic carbocycles. The van der Waals surface area contributed by atoms with Crippen LogP contribution in [0.3, 0.4) is 0 Å². The summed E-state index contributed by atoms with van der Waals surface area (Å²) in [5.74, 6) is 1.24. The van der Waals surface area contributed by atoms with E-state index in [0.29, 0.717) is 11.8 Å². The van der Waals surface area contributed by atoms with E-state index < -0.39 is 0 Å². The molecule has 0 bridgehead atoms. The Balaban J connectivity index is 2.69. The average Bonchev–Trinajstić information content (AvgIpc) is 2.75. The van der Waals surface area contributed by atoms with Gasteiger partial charge in [-0.2, -0.15) is 5.10 Å². The molecule has 0 aliphatic rings. The molecule has 0 aromatic carbocycles. The highest BCUT2D eigenvalue weighted by atomic mass is 35.5. The fraction of sp³-hybridized carbons (Fsp3) is 0.812. The molecule has 0 radical (unpaired) electrons. The molecule has 0 aliphatic heterocycles. The first-order valence-corrected chi connectivity index (χ1v) is 8.37. The lowest BCUT2D eigenvalue weighted by atomic mass is 9.91. The normalized spacial score (nSPS) is 14.5. The van der Waals surface area contributed by atoms with Gasteiger partial charge in [-0.25, -0.2) is 0 Å². The SMILES string of the molecule is CCCNCC(C)C(C)Cc1c(Cl)c(CC)nn1CC. The largest absolute Gasteiger partial charge is 0.316 e. The maximum atomic E-state index is 6.48. The van der Waals surface area contributed by atoms with Crippen LogP contribution >= 0.6 is 11.6 Å². The van der Waals surface area contributed by atoms with E-state index in [4.69, 9.17) is 11.6 Å². The molecule has 4 heteroatoms. The maximum absolute atomic E-state index is 6.48. The summed E-state index contributed by atoms with van der Waals surface area (Å²) < 4.78 is 2.07. The summed E-state index contributed by atoms with van der Waals surface area (Å²) >= 11 is 6.48. The van der Waals surface area contributed by atoms with Crippen molar-refractivity contribution in [1.29, 1.82) is 0 Å². The van der Waals surface area contributed by atoms with Crippen molar-refractivity contribution in [2.24, 2.45) is 11.8 Å². The average molecular weight is 300 g/mol. The Morgan fingerprint density at radius 1 is 1.20 bits per heavy atom. The van der Waals surface area contributed by atoms with Crippen LogP contribution in [0.1, 0.15) is 52.4 Å². The van der Waals surface area contributed by atoms with Gasteiger partial charge in [0.1, 0.15) is 0 Å². The Morgan fingerprint density at radius 2 is 1.90 bits per heavy atom. The number of hydrogen-bond donors (Lipinski definition) is 1. The lowest BCUT2D eigenvalue weighted by Gasteiger charge is -2.21. The summed E-state index contributed by atoms with van der Waals surface area (Å²) in [6, 6.07) is 0. The molecule has 0 amide bonds. The lowest BCUT2D eigenvalue weighted by molar-refractivity contribution is 0.357. The van der Waals surface area contributed by atoms with E-state index >= 15 is 0 Å². The Kier molecular flexibility index (Phi) is 7.60. The third-order valence-electron chi connectivity index (χ3n) is 4.07. The van der Waals surface area contributed by atoms with Crippen molar-refractivity contribution in [3.63, 3.8) is 0 Å². The summed E-state index contributed by atoms with van der Waals surface area (Å²) in [7, 11) is 0. The molecule has 0 saturated heterocycles. The van der Waals surface area contributed by atoms with Gasteiger partial charge < -0.3 is 5.32 Å². The number of nitrogens with one attached hydrogen (secondary N) is 1. The molecule has 0 saturated carbocycles. The smallest absolute Gasteiger partial charge is 0.0849 e. The van der Waals surface area contributed by atoms with Gasteiger partial charge in [-0.15, -0.1) is 0 Å². The maximum Gasteiger partial charge on any atom is 0.0849 e. The van der Waals surface area contributed by atoms with E-state index in [0.717, 1.165) is 43.2 Å². The lowest BCUT2D eigenvalue weighted by Crippen LogP contribution is -2.27. The molecule has 2 atom stereocenters. The van der Waals surface area contributed by atoms with E-state index in [1.54, 1.807) is 0 Å². The van der Waals surface area contributed by atoms with Gasteiger partial charge in [0.05, 0.1) is 16.4 Å². The quantitative estimate of drug-likeness (QED) is 0.700. The second-order valence-electron chi connectivity index (χ2n) is 5.74. The summed E-state index contributed by atoms with van der Waals surface area (Å²) in [5.41, 5.74) is 2.24. The van der Waals surface area contributed by atoms with Crippen molar-refractivity contribution in [2.75, 3.05) is 13.1 Å². The molecule has 1 heterocycles. The fourth-order valence-corrected chi connectivity index (χ4v) is 2.77. The minimum atomic E-state index is 0.601. The van der Waals surface area contributed by atoms with Crippen molar-refractivity contribution in [3.05, 3.63) is 16.4 Å². The Hall–Kier alpha value is -0.540. The Bertz CT molecular complexity index is 401. The molecule has 1 aromatic rings. The topological polar surface area (TPSA) is 29.9 Å². The standard InChI is InChI=1S/C16H30ClN3/c1-6-9-18-11-13(5)12(4)10-15-16(17)14(7-2)19-20(15)8-3/h12-13,18H,6-11H2,1-5H3. The van der Waals surface area contributed by atoms with E-state index in [9.17, 15) is 0 Å². The molecule has 0 fully saturated rings. The minimum absolute atomic E-state index is 0.601. The van der Waals surface area contributed by atoms with Gasteiger partial charge in [-0.1, -0.05) is 39.3 Å². The first-order chi connectivity index (χ1) is 9.54. The second-order valence-corrected chi connectivity index (χ2v) is 6.12. The van der Waals surface area contributed by atoms with Gasteiger partial charge in [-0.3, -0.25) is 4.68 Å². The van der Waals surface area contributed by atoms with E-state index in [1.807, 2.05) is 0 Å². The second kappa shape index (κ2) is 8.68. The van der Waals surface area contributed by atoms with Crippen molar-refractivity contribution < 1.29 is 0 Å². The van der Waals surface area contributed by atoms with E-state index in [2.05, 4.69) is 49.7 Å². The first kappa shape index (κ1) is 17.5. The number of hydrogen-bond acceptors (Lipinski definition) is 2. The van der Waals surface area contributed by atoms with Crippen molar-refractivity contribution >= 4 is 11.6 Å². The molecular weight excluding hydrogens is 270 g/mol. The molecule has 1 rings (SSSR count). The number of aryl methyl sites for hydroxylation is 2. The van der Waals surface area contributed by atoms with Gasteiger partial charge in [0.15, 0.2) is 0 Å². The molecule has 2 unspecified atom stereocenters. The number of nitrogens with zero attached hydrogens (tertiary/aromatic N) is 2. The van der Waals surface area contributed by atoms with Gasteiger partial charge in [0.25, 0.3) is 0 Å². The fourth-order valence-electron chi connectivity index (χ4n) is 2.43. The molecule has 0 spiro atoms. The van der Waals surface area contributed by atoms with Gasteiger partial charge >= 0.3 is 0 Å². The predicted octanol–water partition coefficient (Wildman–Crippen LogP) is 3.93. The van der Waals surface area contributed by atoms with Crippen LogP contribution in [0.15, 0.2) is 0 Å². The van der Waals surface area contributed by atoms with Crippen LogP contribution < -0.4 is 5.32 Å². The summed E-state index contributed by atoms with van der Waals surface area (Å²) in [5, 5.41) is 8.99. The zero-order chi connectivity index (χ0) is 15.1. The minimum Gasteiger partial charge on any atom is -0.316 e. The predicted molar refractivity (Wildman–Crippen MR) is 87.5 cm³/mol. The van der Waals surface area contributed by atoms with Gasteiger partial charge in [0, 0.05) is 6.54 Å². The van der Waals surface area contributed by atoms with Crippen LogP contribution in [0.5, 0.6) is 0 Å². The highest BCUT2D eigenvalue weighted by molar-refractivity contribution is 6.31. The molecule has 116 valence electrons. The zero-order valence-electron chi connectivity index (χ0n) is 13.7. The molecular formula is C16H30ClN3. The first-order valence-electron chi connectivity index (χ1n) is 7.99.